The molecule has 21 heavy (non-hydrogen) atoms. The Labute approximate surface area is 140 Å². The maximum Gasteiger partial charge on any atom is 0.251 e. The fourth-order valence-electron chi connectivity index (χ4n) is 2.30. The Hall–Kier alpha value is -0.520. The molecule has 1 saturated heterocycles. The highest BCUT2D eigenvalue weighted by atomic mass is 35.5. The van der Waals surface area contributed by atoms with E-state index in [4.69, 9.17) is 33.7 Å². The summed E-state index contributed by atoms with van der Waals surface area (Å²) in [6.07, 6.45) is 1.19. The third-order valence-corrected chi connectivity index (χ3v) is 4.16. The smallest absolute Gasteiger partial charge is 0.251 e. The van der Waals surface area contributed by atoms with E-state index in [1.165, 1.54) is 0 Å². The fourth-order valence-corrected chi connectivity index (χ4v) is 2.62. The van der Waals surface area contributed by atoms with E-state index in [2.05, 4.69) is 0 Å². The van der Waals surface area contributed by atoms with Crippen LogP contribution in [0.1, 0.15) is 18.4 Å². The van der Waals surface area contributed by atoms with Crippen LogP contribution in [0.3, 0.4) is 0 Å². The summed E-state index contributed by atoms with van der Waals surface area (Å²) in [5, 5.41) is 1.000. The van der Waals surface area contributed by atoms with E-state index in [9.17, 15) is 4.79 Å². The van der Waals surface area contributed by atoms with Crippen LogP contribution in [0.15, 0.2) is 18.2 Å². The van der Waals surface area contributed by atoms with Gasteiger partial charge in [0.15, 0.2) is 0 Å². The van der Waals surface area contributed by atoms with Gasteiger partial charge in [0.25, 0.3) is 5.91 Å². The number of halogens is 3. The second kappa shape index (κ2) is 8.20. The molecule has 1 aromatic rings. The summed E-state index contributed by atoms with van der Waals surface area (Å²) < 4.78 is 5.61. The van der Waals surface area contributed by atoms with Gasteiger partial charge in [-0.15, -0.1) is 12.4 Å². The SMILES string of the molecule is CN(Cc1ccc(Cl)c(Cl)c1)C(=O)[C@@H]1CC[C@H](CN)O1.Cl. The van der Waals surface area contributed by atoms with Crippen LogP contribution >= 0.6 is 35.6 Å². The van der Waals surface area contributed by atoms with E-state index < -0.39 is 0 Å². The first-order valence-corrected chi connectivity index (χ1v) is 7.31. The van der Waals surface area contributed by atoms with Crippen LogP contribution in [-0.4, -0.2) is 36.6 Å². The van der Waals surface area contributed by atoms with Crippen molar-refractivity contribution in [1.29, 1.82) is 0 Å². The zero-order valence-corrected chi connectivity index (χ0v) is 14.0. The van der Waals surface area contributed by atoms with Crippen LogP contribution < -0.4 is 5.73 Å². The highest BCUT2D eigenvalue weighted by molar-refractivity contribution is 6.42. The van der Waals surface area contributed by atoms with Crippen molar-refractivity contribution in [2.75, 3.05) is 13.6 Å². The van der Waals surface area contributed by atoms with E-state index in [1.807, 2.05) is 6.07 Å². The normalized spacial score (nSPS) is 21.0. The van der Waals surface area contributed by atoms with Gasteiger partial charge in [-0.05, 0) is 30.5 Å². The Morgan fingerprint density at radius 1 is 1.38 bits per heavy atom. The minimum atomic E-state index is -0.378. The van der Waals surface area contributed by atoms with Crippen molar-refractivity contribution in [3.63, 3.8) is 0 Å². The van der Waals surface area contributed by atoms with Crippen LogP contribution in [0.4, 0.5) is 0 Å². The molecule has 0 aliphatic carbocycles. The van der Waals surface area contributed by atoms with Gasteiger partial charge in [0, 0.05) is 20.1 Å². The predicted octanol–water partition coefficient (Wildman–Crippen LogP) is 2.88. The molecule has 0 aromatic heterocycles. The molecule has 1 aromatic carbocycles. The zero-order valence-electron chi connectivity index (χ0n) is 11.7. The third kappa shape index (κ3) is 4.73. The molecule has 2 rings (SSSR count). The van der Waals surface area contributed by atoms with Gasteiger partial charge < -0.3 is 15.4 Å². The highest BCUT2D eigenvalue weighted by Gasteiger charge is 2.31. The second-order valence-electron chi connectivity index (χ2n) is 5.00. The molecule has 2 atom stereocenters. The van der Waals surface area contributed by atoms with Crippen molar-refractivity contribution >= 4 is 41.5 Å². The molecule has 118 valence electrons. The molecular weight excluding hydrogens is 335 g/mol. The number of carbonyl (C=O) groups is 1. The Morgan fingerprint density at radius 3 is 2.67 bits per heavy atom. The summed E-state index contributed by atoms with van der Waals surface area (Å²) in [6, 6.07) is 5.36. The molecule has 1 amide bonds. The maximum absolute atomic E-state index is 12.3. The molecule has 1 fully saturated rings. The molecule has 0 saturated carbocycles. The lowest BCUT2D eigenvalue weighted by Gasteiger charge is -2.21. The standard InChI is InChI=1S/C14H18Cl2N2O2.ClH/c1-18(8-9-2-4-11(15)12(16)6-9)14(19)13-5-3-10(7-17)20-13;/h2,4,6,10,13H,3,5,7-8,17H2,1H3;1H/t10-,13+;/m1./s1. The molecule has 7 heteroatoms. The average molecular weight is 354 g/mol. The van der Waals surface area contributed by atoms with Crippen LogP contribution in [0.2, 0.25) is 10.0 Å². The number of nitrogens with two attached hydrogens (primary N) is 1. The molecule has 1 aliphatic heterocycles. The maximum atomic E-state index is 12.3. The molecule has 0 bridgehead atoms. The van der Waals surface area contributed by atoms with Gasteiger partial charge in [-0.1, -0.05) is 29.3 Å². The van der Waals surface area contributed by atoms with E-state index in [0.717, 1.165) is 18.4 Å². The van der Waals surface area contributed by atoms with Gasteiger partial charge in [0.2, 0.25) is 0 Å². The lowest BCUT2D eigenvalue weighted by Crippen LogP contribution is -2.36. The van der Waals surface area contributed by atoms with E-state index >= 15 is 0 Å². The van der Waals surface area contributed by atoms with Gasteiger partial charge in [0.05, 0.1) is 16.1 Å². The fraction of sp³-hybridized carbons (Fsp3) is 0.500. The van der Waals surface area contributed by atoms with Crippen molar-refractivity contribution in [3.8, 4) is 0 Å². The number of rotatable bonds is 4. The Kier molecular flexibility index (Phi) is 7.24. The molecule has 1 aliphatic rings. The number of nitrogens with zero attached hydrogens (tertiary/aromatic N) is 1. The summed E-state index contributed by atoms with van der Waals surface area (Å²) in [5.74, 6) is -0.0213. The van der Waals surface area contributed by atoms with Crippen LogP contribution in [0.25, 0.3) is 0 Å². The van der Waals surface area contributed by atoms with Crippen molar-refractivity contribution in [1.82, 2.24) is 4.90 Å². The minimum absolute atomic E-state index is 0. The van der Waals surface area contributed by atoms with Crippen LogP contribution in [0, 0.1) is 0 Å². The number of carbonyl (C=O) groups excluding carboxylic acids is 1. The first-order valence-electron chi connectivity index (χ1n) is 6.55. The molecular formula is C14H19Cl3N2O2. The lowest BCUT2D eigenvalue weighted by molar-refractivity contribution is -0.141. The molecule has 2 N–H and O–H groups in total. The van der Waals surface area contributed by atoms with E-state index in [-0.39, 0.29) is 30.5 Å². The first-order chi connectivity index (χ1) is 9.51. The van der Waals surface area contributed by atoms with Gasteiger partial charge >= 0.3 is 0 Å². The molecule has 0 unspecified atom stereocenters. The zero-order chi connectivity index (χ0) is 14.7. The van der Waals surface area contributed by atoms with Gasteiger partial charge in [-0.2, -0.15) is 0 Å². The first kappa shape index (κ1) is 18.5. The van der Waals surface area contributed by atoms with Gasteiger partial charge in [-0.3, -0.25) is 4.79 Å². The number of likely N-dealkylation sites (N-methyl/N-ethyl adjacent to an activating group) is 1. The van der Waals surface area contributed by atoms with Gasteiger partial charge in [-0.25, -0.2) is 0 Å². The Balaban J connectivity index is 0.00000220. The largest absolute Gasteiger partial charge is 0.364 e. The minimum Gasteiger partial charge on any atom is -0.364 e. The topological polar surface area (TPSA) is 55.6 Å². The third-order valence-electron chi connectivity index (χ3n) is 3.43. The Bertz CT molecular complexity index is 499. The van der Waals surface area contributed by atoms with Gasteiger partial charge in [0.1, 0.15) is 6.10 Å². The summed E-state index contributed by atoms with van der Waals surface area (Å²) in [5.41, 5.74) is 6.48. The summed E-state index contributed by atoms with van der Waals surface area (Å²) in [6.45, 7) is 0.934. The number of hydrogen-bond acceptors (Lipinski definition) is 3. The number of amides is 1. The van der Waals surface area contributed by atoms with Crippen molar-refractivity contribution in [2.24, 2.45) is 5.73 Å². The average Bonchev–Trinajstić information content (AvgIpc) is 2.91. The summed E-state index contributed by atoms with van der Waals surface area (Å²) in [7, 11) is 1.75. The van der Waals surface area contributed by atoms with Crippen molar-refractivity contribution in [2.45, 2.75) is 31.6 Å². The monoisotopic (exact) mass is 352 g/mol. The summed E-state index contributed by atoms with van der Waals surface area (Å²) in [4.78, 5) is 13.9. The second-order valence-corrected chi connectivity index (χ2v) is 5.82. The van der Waals surface area contributed by atoms with Crippen molar-refractivity contribution < 1.29 is 9.53 Å². The quantitative estimate of drug-likeness (QED) is 0.905. The number of ether oxygens (including phenoxy) is 1. The van der Waals surface area contributed by atoms with Crippen molar-refractivity contribution in [3.05, 3.63) is 33.8 Å². The molecule has 0 radical (unpaired) electrons. The lowest BCUT2D eigenvalue weighted by atomic mass is 10.1. The number of benzene rings is 1. The predicted molar refractivity (Wildman–Crippen MR) is 87.1 cm³/mol. The van der Waals surface area contributed by atoms with Crippen LogP contribution in [0.5, 0.6) is 0 Å². The van der Waals surface area contributed by atoms with Crippen LogP contribution in [-0.2, 0) is 16.1 Å². The number of hydrogen-bond donors (Lipinski definition) is 1. The molecule has 4 nitrogen and oxygen atoms in total. The molecule has 1 heterocycles. The van der Waals surface area contributed by atoms with E-state index in [0.29, 0.717) is 23.1 Å². The highest BCUT2D eigenvalue weighted by Crippen LogP contribution is 2.24. The Morgan fingerprint density at radius 2 is 2.10 bits per heavy atom. The summed E-state index contributed by atoms with van der Waals surface area (Å²) >= 11 is 11.8. The van der Waals surface area contributed by atoms with E-state index in [1.54, 1.807) is 24.1 Å². The molecule has 0 spiro atoms.